The minimum Gasteiger partial charge on any atom is -0.396 e. The third-order valence-corrected chi connectivity index (χ3v) is 4.91. The van der Waals surface area contributed by atoms with Crippen LogP contribution in [0.15, 0.2) is 18.2 Å². The van der Waals surface area contributed by atoms with Crippen molar-refractivity contribution in [3.05, 3.63) is 23.2 Å². The van der Waals surface area contributed by atoms with Gasteiger partial charge in [-0.3, -0.25) is 0 Å². The van der Waals surface area contributed by atoms with E-state index in [2.05, 4.69) is 11.0 Å². The van der Waals surface area contributed by atoms with Crippen molar-refractivity contribution >= 4 is 23.0 Å². The second-order valence-electron chi connectivity index (χ2n) is 5.62. The molecule has 0 radical (unpaired) electrons. The van der Waals surface area contributed by atoms with Gasteiger partial charge >= 0.3 is 0 Å². The van der Waals surface area contributed by atoms with Gasteiger partial charge < -0.3 is 10.6 Å². The molecule has 0 bridgehead atoms. The number of hydrogen-bond acceptors (Lipinski definition) is 2. The van der Waals surface area contributed by atoms with Gasteiger partial charge in [-0.25, -0.2) is 0 Å². The summed E-state index contributed by atoms with van der Waals surface area (Å²) in [6.45, 7) is 1.13. The Morgan fingerprint density at radius 3 is 2.67 bits per heavy atom. The smallest absolute Gasteiger partial charge is 0.0741 e. The lowest BCUT2D eigenvalue weighted by Crippen LogP contribution is -2.35. The molecule has 2 N–H and O–H groups in total. The molecule has 3 rings (SSSR count). The Balaban J connectivity index is 1.87. The molecular formula is C15H21ClN2. The van der Waals surface area contributed by atoms with Gasteiger partial charge in [0.25, 0.3) is 0 Å². The standard InChI is InChI=1S/C15H21ClN2/c16-12-7-3-8-14(15(12)17)18-10-4-9-13(18)11-5-1-2-6-11/h3,7-8,11,13H,1-2,4-6,9-10,17H2. The van der Waals surface area contributed by atoms with Crippen molar-refractivity contribution in [1.29, 1.82) is 0 Å². The van der Waals surface area contributed by atoms with E-state index in [1.807, 2.05) is 12.1 Å². The van der Waals surface area contributed by atoms with Crippen molar-refractivity contribution < 1.29 is 0 Å². The van der Waals surface area contributed by atoms with Crippen LogP contribution >= 0.6 is 11.6 Å². The third-order valence-electron chi connectivity index (χ3n) is 4.58. The molecule has 0 aromatic heterocycles. The summed E-state index contributed by atoms with van der Waals surface area (Å²) in [5.74, 6) is 0.867. The van der Waals surface area contributed by atoms with Gasteiger partial charge in [-0.05, 0) is 43.7 Å². The van der Waals surface area contributed by atoms with Crippen LogP contribution in [0.1, 0.15) is 38.5 Å². The van der Waals surface area contributed by atoms with Crippen LogP contribution < -0.4 is 10.6 Å². The molecule has 2 fully saturated rings. The van der Waals surface area contributed by atoms with Gasteiger partial charge in [-0.15, -0.1) is 0 Å². The van der Waals surface area contributed by atoms with Crippen molar-refractivity contribution in [2.75, 3.05) is 17.2 Å². The highest BCUT2D eigenvalue weighted by Crippen LogP contribution is 2.40. The van der Waals surface area contributed by atoms with Crippen molar-refractivity contribution in [1.82, 2.24) is 0 Å². The Bertz CT molecular complexity index is 427. The quantitative estimate of drug-likeness (QED) is 0.816. The van der Waals surface area contributed by atoms with E-state index in [0.717, 1.165) is 23.8 Å². The molecule has 2 aliphatic rings. The SMILES string of the molecule is Nc1c(Cl)cccc1N1CCCC1C1CCCC1. The Labute approximate surface area is 114 Å². The first-order valence-electron chi connectivity index (χ1n) is 7.08. The van der Waals surface area contributed by atoms with Gasteiger partial charge in [0.2, 0.25) is 0 Å². The molecular weight excluding hydrogens is 244 g/mol. The first-order valence-corrected chi connectivity index (χ1v) is 7.46. The molecule has 1 aromatic rings. The molecule has 1 saturated carbocycles. The number of halogens is 1. The molecule has 0 amide bonds. The zero-order valence-electron chi connectivity index (χ0n) is 10.7. The van der Waals surface area contributed by atoms with E-state index in [4.69, 9.17) is 17.3 Å². The lowest BCUT2D eigenvalue weighted by Gasteiger charge is -2.32. The highest BCUT2D eigenvalue weighted by atomic mass is 35.5. The molecule has 2 nitrogen and oxygen atoms in total. The summed E-state index contributed by atoms with van der Waals surface area (Å²) >= 11 is 6.15. The van der Waals surface area contributed by atoms with Crippen molar-refractivity contribution in [3.63, 3.8) is 0 Å². The maximum atomic E-state index is 6.15. The van der Waals surface area contributed by atoms with E-state index in [1.165, 1.54) is 38.5 Å². The molecule has 1 aliphatic heterocycles. The van der Waals surface area contributed by atoms with Gasteiger partial charge in [0.1, 0.15) is 0 Å². The lowest BCUT2D eigenvalue weighted by molar-refractivity contribution is 0.431. The molecule has 98 valence electrons. The fourth-order valence-electron chi connectivity index (χ4n) is 3.70. The van der Waals surface area contributed by atoms with Crippen LogP contribution in [-0.2, 0) is 0 Å². The van der Waals surface area contributed by atoms with Crippen LogP contribution in [0, 0.1) is 5.92 Å². The molecule has 1 heterocycles. The predicted molar refractivity (Wildman–Crippen MR) is 78.2 cm³/mol. The molecule has 1 unspecified atom stereocenters. The van der Waals surface area contributed by atoms with Crippen LogP contribution in [0.25, 0.3) is 0 Å². The normalized spacial score (nSPS) is 24.9. The summed E-state index contributed by atoms with van der Waals surface area (Å²) in [6, 6.07) is 6.70. The van der Waals surface area contributed by atoms with Crippen LogP contribution in [0.2, 0.25) is 5.02 Å². The number of para-hydroxylation sites is 1. The molecule has 1 aliphatic carbocycles. The maximum Gasteiger partial charge on any atom is 0.0741 e. The van der Waals surface area contributed by atoms with Crippen LogP contribution in [0.3, 0.4) is 0 Å². The van der Waals surface area contributed by atoms with Gasteiger partial charge in [0.05, 0.1) is 16.4 Å². The second-order valence-corrected chi connectivity index (χ2v) is 6.03. The lowest BCUT2D eigenvalue weighted by atomic mass is 9.95. The summed E-state index contributed by atoms with van der Waals surface area (Å²) in [7, 11) is 0. The number of benzene rings is 1. The van der Waals surface area contributed by atoms with Crippen molar-refractivity contribution in [2.45, 2.75) is 44.6 Å². The van der Waals surface area contributed by atoms with E-state index in [0.29, 0.717) is 11.1 Å². The fourth-order valence-corrected chi connectivity index (χ4v) is 3.87. The van der Waals surface area contributed by atoms with E-state index < -0.39 is 0 Å². The van der Waals surface area contributed by atoms with E-state index in [1.54, 1.807) is 0 Å². The molecule has 1 atom stereocenters. The number of nitrogens with two attached hydrogens (primary N) is 1. The van der Waals surface area contributed by atoms with E-state index in [-0.39, 0.29) is 0 Å². The Morgan fingerprint density at radius 2 is 1.89 bits per heavy atom. The summed E-state index contributed by atoms with van der Waals surface area (Å²) in [6.07, 6.45) is 8.19. The van der Waals surface area contributed by atoms with Crippen LogP contribution in [0.5, 0.6) is 0 Å². The summed E-state index contributed by atoms with van der Waals surface area (Å²) in [5, 5.41) is 0.685. The monoisotopic (exact) mass is 264 g/mol. The second kappa shape index (κ2) is 5.00. The van der Waals surface area contributed by atoms with Gasteiger partial charge in [0.15, 0.2) is 0 Å². The largest absolute Gasteiger partial charge is 0.396 e. The fraction of sp³-hybridized carbons (Fsp3) is 0.600. The Kier molecular flexibility index (Phi) is 3.38. The molecule has 18 heavy (non-hydrogen) atoms. The minimum absolute atomic E-state index is 0.685. The molecule has 1 saturated heterocycles. The molecule has 0 spiro atoms. The zero-order valence-corrected chi connectivity index (χ0v) is 11.5. The van der Waals surface area contributed by atoms with Gasteiger partial charge in [-0.1, -0.05) is 30.5 Å². The van der Waals surface area contributed by atoms with E-state index >= 15 is 0 Å². The number of hydrogen-bond donors (Lipinski definition) is 1. The Morgan fingerprint density at radius 1 is 1.11 bits per heavy atom. The number of rotatable bonds is 2. The van der Waals surface area contributed by atoms with Crippen LogP contribution in [0.4, 0.5) is 11.4 Å². The zero-order chi connectivity index (χ0) is 12.5. The average Bonchev–Trinajstić information content (AvgIpc) is 3.01. The topological polar surface area (TPSA) is 29.3 Å². The van der Waals surface area contributed by atoms with Gasteiger partial charge in [0, 0.05) is 12.6 Å². The maximum absolute atomic E-state index is 6.15. The number of nitrogen functional groups attached to an aromatic ring is 1. The Hall–Kier alpha value is -0.890. The average molecular weight is 265 g/mol. The minimum atomic E-state index is 0.685. The first kappa shape index (κ1) is 12.2. The highest BCUT2D eigenvalue weighted by Gasteiger charge is 2.34. The van der Waals surface area contributed by atoms with Crippen molar-refractivity contribution in [3.8, 4) is 0 Å². The number of nitrogens with zero attached hydrogens (tertiary/aromatic N) is 1. The summed E-state index contributed by atoms with van der Waals surface area (Å²) < 4.78 is 0. The summed E-state index contributed by atoms with van der Waals surface area (Å²) in [4.78, 5) is 2.51. The molecule has 3 heteroatoms. The predicted octanol–water partition coefficient (Wildman–Crippen LogP) is 4.08. The van der Waals surface area contributed by atoms with Crippen LogP contribution in [-0.4, -0.2) is 12.6 Å². The van der Waals surface area contributed by atoms with E-state index in [9.17, 15) is 0 Å². The molecule has 1 aromatic carbocycles. The third kappa shape index (κ3) is 2.07. The highest BCUT2D eigenvalue weighted by molar-refractivity contribution is 6.33. The van der Waals surface area contributed by atoms with Crippen molar-refractivity contribution in [2.24, 2.45) is 5.92 Å². The summed E-state index contributed by atoms with van der Waals surface area (Å²) in [5.41, 5.74) is 8.05. The van der Waals surface area contributed by atoms with Gasteiger partial charge in [-0.2, -0.15) is 0 Å². The first-order chi connectivity index (χ1) is 8.77. The number of anilines is 2.